The average Bonchev–Trinajstić information content (AvgIpc) is 3.17. The standard InChI is InChI=1S/C20H22F3N5O2S/c1-26-18(16-6-5-13(25)12(23)8-30-16)14(7-24)27-19(29)15-9-31-20(28-15)17-10(21)3-2-4-11(17)22/h2-4,7,9,12-13,16H,5-6,8,24-25H2,1H3,(H,27,29)/p+1/b14-7+,26-18?/t12-,13-,16?/m1/s1. The maximum atomic E-state index is 14.0. The first-order valence-corrected chi connectivity index (χ1v) is 10.4. The van der Waals surface area contributed by atoms with Gasteiger partial charge in [0.2, 0.25) is 0 Å². The maximum Gasteiger partial charge on any atom is 0.321 e. The molecular formula is C20H23F3N5O2S+. The number of carbonyl (C=O) groups is 1. The van der Waals surface area contributed by atoms with E-state index in [-0.39, 0.29) is 28.6 Å². The van der Waals surface area contributed by atoms with Gasteiger partial charge in [0.1, 0.15) is 29.5 Å². The summed E-state index contributed by atoms with van der Waals surface area (Å²) in [6, 6.07) is 2.88. The number of benzene rings is 1. The van der Waals surface area contributed by atoms with Crippen LogP contribution in [0, 0.1) is 11.6 Å². The summed E-state index contributed by atoms with van der Waals surface area (Å²) in [6.07, 6.45) is 0.0579. The van der Waals surface area contributed by atoms with Gasteiger partial charge in [-0.05, 0) is 25.0 Å². The van der Waals surface area contributed by atoms with Crippen LogP contribution in [-0.4, -0.2) is 43.6 Å². The van der Waals surface area contributed by atoms with Gasteiger partial charge in [0.05, 0.1) is 23.4 Å². The fraction of sp³-hybridized carbons (Fsp3) is 0.350. The van der Waals surface area contributed by atoms with Gasteiger partial charge in [0.15, 0.2) is 0 Å². The Morgan fingerprint density at radius 2 is 2.06 bits per heavy atom. The van der Waals surface area contributed by atoms with Crippen LogP contribution in [0.5, 0.6) is 0 Å². The number of aliphatic imine (C=N–C) groups is 1. The molecule has 1 fully saturated rings. The number of halogens is 3. The normalized spacial score (nSPS) is 22.8. The van der Waals surface area contributed by atoms with E-state index in [0.29, 0.717) is 18.6 Å². The van der Waals surface area contributed by atoms with Gasteiger partial charge in [-0.15, -0.1) is 0 Å². The molecule has 1 aromatic heterocycles. The van der Waals surface area contributed by atoms with E-state index < -0.39 is 35.9 Å². The van der Waals surface area contributed by atoms with Crippen LogP contribution in [0.4, 0.5) is 13.2 Å². The first-order chi connectivity index (χ1) is 14.8. The highest BCUT2D eigenvalue weighted by atomic mass is 32.1. The largest absolute Gasteiger partial charge is 0.403 e. The van der Waals surface area contributed by atoms with E-state index in [1.54, 1.807) is 0 Å². The minimum absolute atomic E-state index is 0.0742. The van der Waals surface area contributed by atoms with Crippen LogP contribution < -0.4 is 21.8 Å². The van der Waals surface area contributed by atoms with Crippen LogP contribution in [0.2, 0.25) is 0 Å². The lowest BCUT2D eigenvalue weighted by Crippen LogP contribution is -2.37. The predicted octanol–water partition coefficient (Wildman–Crippen LogP) is 1.95. The lowest BCUT2D eigenvalue weighted by Gasteiger charge is -2.19. The quantitative estimate of drug-likeness (QED) is 0.599. The van der Waals surface area contributed by atoms with E-state index in [1.165, 1.54) is 18.5 Å². The number of thiazole rings is 1. The molecular weight excluding hydrogens is 431 g/mol. The van der Waals surface area contributed by atoms with Crippen LogP contribution in [0.15, 0.2) is 40.5 Å². The first-order valence-electron chi connectivity index (χ1n) is 9.52. The number of aromatic nitrogens is 1. The number of amides is 1. The third-order valence-electron chi connectivity index (χ3n) is 4.90. The molecule has 6 N–H and O–H groups in total. The summed E-state index contributed by atoms with van der Waals surface area (Å²) < 4.78 is 47.4. The molecule has 1 saturated heterocycles. The second kappa shape index (κ2) is 10.0. The Balaban J connectivity index is 1.76. The van der Waals surface area contributed by atoms with Crippen molar-refractivity contribution in [3.05, 3.63) is 52.8 Å². The van der Waals surface area contributed by atoms with Crippen molar-refractivity contribution in [2.24, 2.45) is 16.5 Å². The number of alkyl halides is 1. The van der Waals surface area contributed by atoms with Gasteiger partial charge in [-0.25, -0.2) is 13.2 Å². The van der Waals surface area contributed by atoms with E-state index in [4.69, 9.17) is 16.2 Å². The Kier molecular flexibility index (Phi) is 7.42. The summed E-state index contributed by atoms with van der Waals surface area (Å²) in [6.45, 7) is -0.188. The molecule has 1 aliphatic rings. The average molecular weight is 454 g/mol. The number of aromatic amines is 1. The van der Waals surface area contributed by atoms with Gasteiger partial charge in [0.25, 0.3) is 10.7 Å². The van der Waals surface area contributed by atoms with Gasteiger partial charge in [-0.2, -0.15) is 4.98 Å². The molecule has 3 atom stereocenters. The Bertz CT molecular complexity index is 978. The van der Waals surface area contributed by atoms with Crippen molar-refractivity contribution < 1.29 is 27.7 Å². The van der Waals surface area contributed by atoms with Gasteiger partial charge in [0, 0.05) is 19.3 Å². The third kappa shape index (κ3) is 5.12. The van der Waals surface area contributed by atoms with Crippen molar-refractivity contribution in [2.75, 3.05) is 13.7 Å². The van der Waals surface area contributed by atoms with Crippen molar-refractivity contribution in [3.8, 4) is 10.6 Å². The predicted molar refractivity (Wildman–Crippen MR) is 111 cm³/mol. The van der Waals surface area contributed by atoms with E-state index in [9.17, 15) is 18.0 Å². The number of nitrogens with zero attached hydrogens (tertiary/aromatic N) is 1. The minimum atomic E-state index is -1.29. The molecule has 166 valence electrons. The molecule has 11 heteroatoms. The van der Waals surface area contributed by atoms with Crippen LogP contribution >= 0.6 is 11.3 Å². The molecule has 1 unspecified atom stereocenters. The van der Waals surface area contributed by atoms with Crippen LogP contribution in [0.25, 0.3) is 10.6 Å². The molecule has 0 saturated carbocycles. The zero-order chi connectivity index (χ0) is 22.5. The minimum Gasteiger partial charge on any atom is -0.403 e. The van der Waals surface area contributed by atoms with Crippen molar-refractivity contribution in [1.82, 2.24) is 5.32 Å². The monoisotopic (exact) mass is 454 g/mol. The molecule has 0 radical (unpaired) electrons. The molecule has 2 heterocycles. The zero-order valence-corrected chi connectivity index (χ0v) is 17.5. The molecule has 31 heavy (non-hydrogen) atoms. The zero-order valence-electron chi connectivity index (χ0n) is 16.7. The number of ether oxygens (including phenoxy) is 1. The lowest BCUT2D eigenvalue weighted by atomic mass is 10.0. The molecule has 7 nitrogen and oxygen atoms in total. The van der Waals surface area contributed by atoms with Crippen molar-refractivity contribution in [1.29, 1.82) is 0 Å². The van der Waals surface area contributed by atoms with Crippen LogP contribution in [-0.2, 0) is 4.74 Å². The SMILES string of the molecule is CN=C(/C(=C\N)NC(=O)c1csc(-c2c(F)cccc2F)[nH+]1)C1CC[C@@H](N)[C@H](F)CO1. The fourth-order valence-electron chi connectivity index (χ4n) is 3.22. The molecule has 1 aromatic carbocycles. The number of H-pyrrole nitrogens is 1. The highest BCUT2D eigenvalue weighted by molar-refractivity contribution is 7.12. The number of carbonyl (C=O) groups excluding carboxylic acids is 1. The van der Waals surface area contributed by atoms with Crippen molar-refractivity contribution >= 4 is 23.0 Å². The number of nitrogens with one attached hydrogen (secondary N) is 2. The Morgan fingerprint density at radius 1 is 1.35 bits per heavy atom. The molecule has 1 amide bonds. The number of hydrogen-bond donors (Lipinski definition) is 3. The molecule has 0 spiro atoms. The van der Waals surface area contributed by atoms with Crippen molar-refractivity contribution in [3.63, 3.8) is 0 Å². The summed E-state index contributed by atoms with van der Waals surface area (Å²) >= 11 is 0.982. The van der Waals surface area contributed by atoms with Crippen LogP contribution in [0.1, 0.15) is 23.3 Å². The smallest absolute Gasteiger partial charge is 0.321 e. The molecule has 0 aliphatic carbocycles. The second-order valence-corrected chi connectivity index (χ2v) is 7.80. The highest BCUT2D eigenvalue weighted by Gasteiger charge is 2.31. The Hall–Kier alpha value is -2.76. The van der Waals surface area contributed by atoms with Gasteiger partial charge in [-0.3, -0.25) is 9.79 Å². The fourth-order valence-corrected chi connectivity index (χ4v) is 4.10. The Morgan fingerprint density at radius 3 is 2.71 bits per heavy atom. The van der Waals surface area contributed by atoms with Gasteiger partial charge < -0.3 is 21.5 Å². The lowest BCUT2D eigenvalue weighted by molar-refractivity contribution is -0.362. The summed E-state index contributed by atoms with van der Waals surface area (Å²) in [5, 5.41) is 4.20. The van der Waals surface area contributed by atoms with Crippen molar-refractivity contribution in [2.45, 2.75) is 31.2 Å². The van der Waals surface area contributed by atoms with E-state index in [2.05, 4.69) is 15.3 Å². The summed E-state index contributed by atoms with van der Waals surface area (Å²) in [7, 11) is 1.50. The Labute approximate surface area is 181 Å². The number of rotatable bonds is 5. The number of hydrogen-bond acceptors (Lipinski definition) is 6. The summed E-state index contributed by atoms with van der Waals surface area (Å²) in [5.74, 6) is -2.09. The summed E-state index contributed by atoms with van der Waals surface area (Å²) in [4.78, 5) is 19.6. The molecule has 1 aliphatic heterocycles. The number of nitrogens with two attached hydrogens (primary N) is 2. The molecule has 2 aromatic rings. The first kappa shape index (κ1) is 22.9. The molecule has 3 rings (SSSR count). The van der Waals surface area contributed by atoms with E-state index in [1.807, 2.05) is 0 Å². The van der Waals surface area contributed by atoms with Gasteiger partial charge >= 0.3 is 5.91 Å². The second-order valence-electron chi connectivity index (χ2n) is 6.92. The van der Waals surface area contributed by atoms with E-state index in [0.717, 1.165) is 29.7 Å². The van der Waals surface area contributed by atoms with E-state index >= 15 is 0 Å². The van der Waals surface area contributed by atoms with Gasteiger partial charge in [-0.1, -0.05) is 17.4 Å². The molecule has 0 bridgehead atoms. The van der Waals surface area contributed by atoms with Crippen LogP contribution in [0.3, 0.4) is 0 Å². The highest BCUT2D eigenvalue weighted by Crippen LogP contribution is 2.26. The third-order valence-corrected chi connectivity index (χ3v) is 5.79. The summed E-state index contributed by atoms with van der Waals surface area (Å²) in [5.41, 5.74) is 11.8. The maximum absolute atomic E-state index is 14.0. The topological polar surface area (TPSA) is 117 Å².